The fourth-order valence-corrected chi connectivity index (χ4v) is 2.59. The summed E-state index contributed by atoms with van der Waals surface area (Å²) in [6.45, 7) is 4.42. The number of aromatic nitrogens is 2. The summed E-state index contributed by atoms with van der Waals surface area (Å²) in [5.41, 5.74) is 0. The van der Waals surface area contributed by atoms with E-state index in [1.54, 1.807) is 10.9 Å². The van der Waals surface area contributed by atoms with Gasteiger partial charge in [0, 0.05) is 44.5 Å². The summed E-state index contributed by atoms with van der Waals surface area (Å²) in [5, 5.41) is 9.78. The van der Waals surface area contributed by atoms with Crippen LogP contribution in [0.3, 0.4) is 0 Å². The Morgan fingerprint density at radius 3 is 3.05 bits per heavy atom. The van der Waals surface area contributed by atoms with Crippen molar-refractivity contribution in [1.29, 1.82) is 0 Å². The molecule has 1 aliphatic rings. The van der Waals surface area contributed by atoms with E-state index >= 15 is 0 Å². The van der Waals surface area contributed by atoms with Gasteiger partial charge in [-0.25, -0.2) is 4.79 Å². The van der Waals surface area contributed by atoms with Gasteiger partial charge in [-0.2, -0.15) is 5.10 Å². The molecule has 7 heteroatoms. The Morgan fingerprint density at radius 1 is 1.41 bits per heavy atom. The minimum Gasteiger partial charge on any atom is -0.341 e. The first-order chi connectivity index (χ1) is 10.6. The fourth-order valence-electron chi connectivity index (χ4n) is 2.59. The normalized spacial score (nSPS) is 17.0. The van der Waals surface area contributed by atoms with E-state index in [1.807, 2.05) is 24.1 Å². The lowest BCUT2D eigenvalue weighted by Crippen LogP contribution is -2.45. The molecule has 1 atom stereocenters. The highest BCUT2D eigenvalue weighted by molar-refractivity contribution is 5.76. The third-order valence-corrected chi connectivity index (χ3v) is 3.74. The van der Waals surface area contributed by atoms with Crippen LogP contribution in [-0.4, -0.2) is 52.3 Å². The summed E-state index contributed by atoms with van der Waals surface area (Å²) < 4.78 is 1.78. The molecular weight excluding hydrogens is 282 g/mol. The van der Waals surface area contributed by atoms with Crippen LogP contribution in [0.4, 0.5) is 4.79 Å². The average molecular weight is 307 g/mol. The predicted molar refractivity (Wildman–Crippen MR) is 83.3 cm³/mol. The molecule has 0 unspecified atom stereocenters. The minimum absolute atomic E-state index is 0.0141. The predicted octanol–water partition coefficient (Wildman–Crippen LogP) is 0.973. The van der Waals surface area contributed by atoms with Crippen LogP contribution in [0.25, 0.3) is 0 Å². The molecule has 1 aliphatic heterocycles. The second kappa shape index (κ2) is 8.41. The molecule has 0 aliphatic carbocycles. The van der Waals surface area contributed by atoms with Gasteiger partial charge < -0.3 is 15.5 Å². The third-order valence-electron chi connectivity index (χ3n) is 3.74. The molecule has 0 spiro atoms. The molecule has 0 bridgehead atoms. The van der Waals surface area contributed by atoms with Crippen molar-refractivity contribution >= 4 is 11.9 Å². The van der Waals surface area contributed by atoms with Crippen molar-refractivity contribution in [3.8, 4) is 0 Å². The number of carbonyl (C=O) groups excluding carboxylic acids is 2. The average Bonchev–Trinajstić information content (AvgIpc) is 2.89. The highest BCUT2D eigenvalue weighted by Crippen LogP contribution is 2.10. The van der Waals surface area contributed by atoms with Crippen molar-refractivity contribution in [2.45, 2.75) is 45.2 Å². The molecule has 22 heavy (non-hydrogen) atoms. The number of nitrogens with one attached hydrogen (secondary N) is 2. The highest BCUT2D eigenvalue weighted by atomic mass is 16.2. The smallest absolute Gasteiger partial charge is 0.315 e. The van der Waals surface area contributed by atoms with Crippen LogP contribution in [0.15, 0.2) is 18.5 Å². The van der Waals surface area contributed by atoms with Crippen molar-refractivity contribution in [2.24, 2.45) is 0 Å². The number of nitrogens with zero attached hydrogens (tertiary/aromatic N) is 3. The van der Waals surface area contributed by atoms with E-state index in [2.05, 4.69) is 15.7 Å². The lowest BCUT2D eigenvalue weighted by Gasteiger charge is -2.21. The van der Waals surface area contributed by atoms with Gasteiger partial charge >= 0.3 is 6.03 Å². The van der Waals surface area contributed by atoms with Gasteiger partial charge in [0.15, 0.2) is 0 Å². The molecule has 1 aromatic rings. The monoisotopic (exact) mass is 307 g/mol. The summed E-state index contributed by atoms with van der Waals surface area (Å²) in [6.07, 6.45) is 7.35. The quantitative estimate of drug-likeness (QED) is 0.822. The van der Waals surface area contributed by atoms with E-state index in [-0.39, 0.29) is 18.0 Å². The van der Waals surface area contributed by atoms with Gasteiger partial charge in [0.2, 0.25) is 5.91 Å². The van der Waals surface area contributed by atoms with Crippen LogP contribution in [-0.2, 0) is 11.3 Å². The maximum Gasteiger partial charge on any atom is 0.315 e. The van der Waals surface area contributed by atoms with Crippen LogP contribution in [0.1, 0.15) is 32.6 Å². The maximum absolute atomic E-state index is 11.8. The summed E-state index contributed by atoms with van der Waals surface area (Å²) in [5.74, 6) is 0.201. The van der Waals surface area contributed by atoms with Crippen LogP contribution < -0.4 is 10.6 Å². The van der Waals surface area contributed by atoms with Gasteiger partial charge in [0.1, 0.15) is 0 Å². The van der Waals surface area contributed by atoms with E-state index in [4.69, 9.17) is 0 Å². The zero-order valence-corrected chi connectivity index (χ0v) is 13.1. The van der Waals surface area contributed by atoms with Crippen molar-refractivity contribution in [2.75, 3.05) is 19.6 Å². The van der Waals surface area contributed by atoms with Gasteiger partial charge in [0.25, 0.3) is 0 Å². The van der Waals surface area contributed by atoms with Crippen molar-refractivity contribution in [1.82, 2.24) is 25.3 Å². The summed E-state index contributed by atoms with van der Waals surface area (Å²) in [6, 6.07) is 1.63. The van der Waals surface area contributed by atoms with Gasteiger partial charge in [-0.1, -0.05) is 6.42 Å². The Bertz CT molecular complexity index is 474. The Morgan fingerprint density at radius 2 is 2.27 bits per heavy atom. The number of likely N-dealkylation sites (tertiary alicyclic amines) is 1. The van der Waals surface area contributed by atoms with E-state index in [0.29, 0.717) is 26.1 Å². The van der Waals surface area contributed by atoms with E-state index < -0.39 is 0 Å². The van der Waals surface area contributed by atoms with Gasteiger partial charge in [-0.05, 0) is 25.8 Å². The number of rotatable bonds is 6. The van der Waals surface area contributed by atoms with Gasteiger partial charge in [0.05, 0.1) is 6.54 Å². The standard InChI is InChI=1S/C15H25N5O2/c1-13(12-20-10-5-7-17-20)18-15(22)16-8-11-19-9-4-2-3-6-14(19)21/h5,7,10,13H,2-4,6,8-9,11-12H2,1H3,(H2,16,18,22)/t13-/m1/s1. The largest absolute Gasteiger partial charge is 0.341 e. The molecule has 0 radical (unpaired) electrons. The van der Waals surface area contributed by atoms with Crippen LogP contribution in [0.5, 0.6) is 0 Å². The molecule has 1 aromatic heterocycles. The molecule has 2 N–H and O–H groups in total. The molecule has 2 heterocycles. The lowest BCUT2D eigenvalue weighted by atomic mass is 10.2. The summed E-state index contributed by atoms with van der Waals surface area (Å²) >= 11 is 0. The van der Waals surface area contributed by atoms with Crippen molar-refractivity contribution in [3.05, 3.63) is 18.5 Å². The Kier molecular flexibility index (Phi) is 6.24. The van der Waals surface area contributed by atoms with Crippen molar-refractivity contribution in [3.63, 3.8) is 0 Å². The van der Waals surface area contributed by atoms with Crippen LogP contribution in [0.2, 0.25) is 0 Å². The first-order valence-corrected chi connectivity index (χ1v) is 7.94. The van der Waals surface area contributed by atoms with Crippen LogP contribution >= 0.6 is 0 Å². The SMILES string of the molecule is C[C@H](Cn1cccn1)NC(=O)NCCN1CCCCCC1=O. The number of hydrogen-bond donors (Lipinski definition) is 2. The molecule has 0 aromatic carbocycles. The molecule has 1 saturated heterocycles. The minimum atomic E-state index is -0.207. The fraction of sp³-hybridized carbons (Fsp3) is 0.667. The topological polar surface area (TPSA) is 79.3 Å². The van der Waals surface area contributed by atoms with E-state index in [9.17, 15) is 9.59 Å². The number of amides is 3. The second-order valence-electron chi connectivity index (χ2n) is 5.72. The Labute approximate surface area is 131 Å². The van der Waals surface area contributed by atoms with Gasteiger partial charge in [-0.3, -0.25) is 9.48 Å². The molecule has 2 rings (SSSR count). The summed E-state index contributed by atoms with van der Waals surface area (Å²) in [4.78, 5) is 25.5. The Hall–Kier alpha value is -2.05. The molecule has 0 saturated carbocycles. The number of urea groups is 1. The van der Waals surface area contributed by atoms with Crippen molar-refractivity contribution < 1.29 is 9.59 Å². The maximum atomic E-state index is 11.8. The third kappa shape index (κ3) is 5.38. The molecular formula is C15H25N5O2. The second-order valence-corrected chi connectivity index (χ2v) is 5.72. The summed E-state index contributed by atoms with van der Waals surface area (Å²) in [7, 11) is 0. The zero-order chi connectivity index (χ0) is 15.8. The molecule has 7 nitrogen and oxygen atoms in total. The molecule has 122 valence electrons. The van der Waals surface area contributed by atoms with E-state index in [0.717, 1.165) is 25.8 Å². The molecule has 3 amide bonds. The van der Waals surface area contributed by atoms with Gasteiger partial charge in [-0.15, -0.1) is 0 Å². The Balaban J connectivity index is 1.63. The number of hydrogen-bond acceptors (Lipinski definition) is 3. The first-order valence-electron chi connectivity index (χ1n) is 7.94. The zero-order valence-electron chi connectivity index (χ0n) is 13.1. The lowest BCUT2D eigenvalue weighted by molar-refractivity contribution is -0.130. The number of carbonyl (C=O) groups is 2. The van der Waals surface area contributed by atoms with Crippen LogP contribution in [0, 0.1) is 0 Å². The highest BCUT2D eigenvalue weighted by Gasteiger charge is 2.16. The van der Waals surface area contributed by atoms with E-state index in [1.165, 1.54) is 0 Å². The first kappa shape index (κ1) is 16.3. The molecule has 1 fully saturated rings.